The van der Waals surface area contributed by atoms with Gasteiger partial charge in [0.15, 0.2) is 0 Å². The maximum absolute atomic E-state index is 5.74. The molecule has 0 spiro atoms. The molecule has 110 valence electrons. The van der Waals surface area contributed by atoms with Crippen LogP contribution in [0.3, 0.4) is 0 Å². The van der Waals surface area contributed by atoms with Gasteiger partial charge in [0.1, 0.15) is 17.2 Å². The van der Waals surface area contributed by atoms with E-state index in [1.165, 1.54) is 5.69 Å². The fraction of sp³-hybridized carbons (Fsp3) is 0.333. The van der Waals surface area contributed by atoms with Gasteiger partial charge in [0.05, 0.1) is 0 Å². The molecule has 1 aromatic heterocycles. The molecule has 0 aliphatic carbocycles. The Kier molecular flexibility index (Phi) is 4.15. The van der Waals surface area contributed by atoms with Crippen molar-refractivity contribution in [3.05, 3.63) is 36.7 Å². The van der Waals surface area contributed by atoms with Crippen LogP contribution < -0.4 is 15.5 Å². The smallest absolute Gasteiger partial charge is 0.133 e. The molecule has 21 heavy (non-hydrogen) atoms. The van der Waals surface area contributed by atoms with Crippen molar-refractivity contribution >= 4 is 29.0 Å². The third-order valence-corrected chi connectivity index (χ3v) is 4.34. The van der Waals surface area contributed by atoms with Gasteiger partial charge in [-0.2, -0.15) is 0 Å². The second-order valence-electron chi connectivity index (χ2n) is 4.98. The van der Waals surface area contributed by atoms with Crippen molar-refractivity contribution < 1.29 is 0 Å². The Bertz CT molecular complexity index is 593. The number of nitrogens with zero attached hydrogens (tertiary/aromatic N) is 4. The first kappa shape index (κ1) is 14.0. The number of nitrogens with two attached hydrogens (primary N) is 1. The van der Waals surface area contributed by atoms with E-state index in [4.69, 9.17) is 5.73 Å². The monoisotopic (exact) mass is 301 g/mol. The Labute approximate surface area is 129 Å². The molecule has 0 radical (unpaired) electrons. The zero-order valence-corrected chi connectivity index (χ0v) is 12.9. The van der Waals surface area contributed by atoms with Gasteiger partial charge in [-0.25, -0.2) is 9.97 Å². The van der Waals surface area contributed by atoms with Crippen LogP contribution in [0.5, 0.6) is 0 Å². The van der Waals surface area contributed by atoms with Gasteiger partial charge >= 0.3 is 0 Å². The zero-order valence-electron chi connectivity index (χ0n) is 12.1. The highest BCUT2D eigenvalue weighted by molar-refractivity contribution is 7.98. The van der Waals surface area contributed by atoms with Gasteiger partial charge in [-0.3, -0.25) is 0 Å². The molecule has 5 nitrogen and oxygen atoms in total. The van der Waals surface area contributed by atoms with Crippen LogP contribution in [0.1, 0.15) is 0 Å². The molecule has 1 aliphatic rings. The molecule has 3 rings (SSSR count). The summed E-state index contributed by atoms with van der Waals surface area (Å²) in [5.74, 6) is 1.02. The first-order valence-electron chi connectivity index (χ1n) is 6.98. The van der Waals surface area contributed by atoms with Crippen molar-refractivity contribution in [3.63, 3.8) is 0 Å². The lowest BCUT2D eigenvalue weighted by atomic mass is 10.2. The van der Waals surface area contributed by atoms with E-state index in [0.717, 1.165) is 42.7 Å². The summed E-state index contributed by atoms with van der Waals surface area (Å²) in [6, 6.07) is 10.1. The summed E-state index contributed by atoms with van der Waals surface area (Å²) < 4.78 is 0. The molecule has 0 atom stereocenters. The lowest BCUT2D eigenvalue weighted by molar-refractivity contribution is 0.645. The Balaban J connectivity index is 1.65. The van der Waals surface area contributed by atoms with Crippen LogP contribution in [0.4, 0.5) is 17.2 Å². The molecule has 0 unspecified atom stereocenters. The zero-order chi connectivity index (χ0) is 14.7. The van der Waals surface area contributed by atoms with Gasteiger partial charge in [-0.1, -0.05) is 0 Å². The van der Waals surface area contributed by atoms with Crippen molar-refractivity contribution in [2.24, 2.45) is 0 Å². The number of thioether (sulfide) groups is 1. The summed E-state index contributed by atoms with van der Waals surface area (Å²) in [5, 5.41) is 1.01. The second kappa shape index (κ2) is 6.22. The Morgan fingerprint density at radius 2 is 1.67 bits per heavy atom. The third-order valence-electron chi connectivity index (χ3n) is 3.70. The van der Waals surface area contributed by atoms with Gasteiger partial charge in [0, 0.05) is 43.6 Å². The maximum Gasteiger partial charge on any atom is 0.133 e. The van der Waals surface area contributed by atoms with Crippen molar-refractivity contribution in [1.82, 2.24) is 9.97 Å². The molecule has 0 bridgehead atoms. The fourth-order valence-electron chi connectivity index (χ4n) is 2.49. The number of anilines is 3. The summed E-state index contributed by atoms with van der Waals surface area (Å²) in [7, 11) is 0. The molecule has 1 aliphatic heterocycles. The van der Waals surface area contributed by atoms with Crippen LogP contribution in [0.2, 0.25) is 0 Å². The fourth-order valence-corrected chi connectivity index (χ4v) is 2.87. The van der Waals surface area contributed by atoms with Crippen LogP contribution in [0.15, 0.2) is 41.7 Å². The first-order chi connectivity index (χ1) is 10.3. The first-order valence-corrected chi connectivity index (χ1v) is 8.20. The average molecular weight is 301 g/mol. The quantitative estimate of drug-likeness (QED) is 0.532. The highest BCUT2D eigenvalue weighted by Gasteiger charge is 2.18. The molecule has 1 aromatic carbocycles. The van der Waals surface area contributed by atoms with E-state index >= 15 is 0 Å². The standard InChI is InChI=1S/C15H19N5S/c1-21-15-10-14(17-11-18-15)20-8-6-19(7-9-20)13-4-2-12(16)3-5-13/h2-5,10-11H,6-9,16H2,1H3. The van der Waals surface area contributed by atoms with Gasteiger partial charge in [-0.15, -0.1) is 11.8 Å². The molecule has 2 N–H and O–H groups in total. The summed E-state index contributed by atoms with van der Waals surface area (Å²) in [4.78, 5) is 13.3. The van der Waals surface area contributed by atoms with E-state index in [0.29, 0.717) is 0 Å². The Morgan fingerprint density at radius 1 is 1.00 bits per heavy atom. The van der Waals surface area contributed by atoms with E-state index in [1.807, 2.05) is 18.4 Å². The number of piperazine rings is 1. The van der Waals surface area contributed by atoms with E-state index < -0.39 is 0 Å². The number of rotatable bonds is 3. The van der Waals surface area contributed by atoms with Crippen molar-refractivity contribution in [3.8, 4) is 0 Å². The number of hydrogen-bond donors (Lipinski definition) is 1. The molecular formula is C15H19N5S. The number of aromatic nitrogens is 2. The van der Waals surface area contributed by atoms with Crippen LogP contribution in [-0.4, -0.2) is 42.4 Å². The summed E-state index contributed by atoms with van der Waals surface area (Å²) in [5.41, 5.74) is 7.78. The molecule has 0 amide bonds. The highest BCUT2D eigenvalue weighted by atomic mass is 32.2. The third kappa shape index (κ3) is 3.21. The number of nitrogen functional groups attached to an aromatic ring is 1. The van der Waals surface area contributed by atoms with E-state index in [1.54, 1.807) is 18.1 Å². The molecule has 1 saturated heterocycles. The summed E-state index contributed by atoms with van der Waals surface area (Å²) >= 11 is 1.65. The van der Waals surface area contributed by atoms with Crippen LogP contribution >= 0.6 is 11.8 Å². The molecule has 0 saturated carbocycles. The predicted octanol–water partition coefficient (Wildman–Crippen LogP) is 2.11. The van der Waals surface area contributed by atoms with Gasteiger partial charge in [-0.05, 0) is 30.5 Å². The number of hydrogen-bond acceptors (Lipinski definition) is 6. The van der Waals surface area contributed by atoms with E-state index in [-0.39, 0.29) is 0 Å². The van der Waals surface area contributed by atoms with Crippen LogP contribution in [0.25, 0.3) is 0 Å². The predicted molar refractivity (Wildman–Crippen MR) is 89.1 cm³/mol. The minimum atomic E-state index is 0.808. The largest absolute Gasteiger partial charge is 0.399 e. The van der Waals surface area contributed by atoms with Crippen molar-refractivity contribution in [2.75, 3.05) is 48.0 Å². The maximum atomic E-state index is 5.74. The highest BCUT2D eigenvalue weighted by Crippen LogP contribution is 2.22. The van der Waals surface area contributed by atoms with Crippen LogP contribution in [-0.2, 0) is 0 Å². The minimum absolute atomic E-state index is 0.808. The SMILES string of the molecule is CSc1cc(N2CCN(c3ccc(N)cc3)CC2)ncn1. The molecule has 6 heteroatoms. The van der Waals surface area contributed by atoms with Gasteiger partial charge < -0.3 is 15.5 Å². The van der Waals surface area contributed by atoms with E-state index in [2.05, 4.69) is 38.0 Å². The lowest BCUT2D eigenvalue weighted by Gasteiger charge is -2.36. The average Bonchev–Trinajstić information content (AvgIpc) is 2.56. The van der Waals surface area contributed by atoms with Crippen molar-refractivity contribution in [2.45, 2.75) is 5.03 Å². The molecule has 2 heterocycles. The second-order valence-corrected chi connectivity index (χ2v) is 5.81. The topological polar surface area (TPSA) is 58.3 Å². The Hall–Kier alpha value is -1.95. The minimum Gasteiger partial charge on any atom is -0.399 e. The Morgan fingerprint density at radius 3 is 2.33 bits per heavy atom. The van der Waals surface area contributed by atoms with Gasteiger partial charge in [0.2, 0.25) is 0 Å². The summed E-state index contributed by atoms with van der Waals surface area (Å²) in [6.07, 6.45) is 3.68. The molecule has 1 fully saturated rings. The van der Waals surface area contributed by atoms with Crippen LogP contribution in [0, 0.1) is 0 Å². The van der Waals surface area contributed by atoms with Gasteiger partial charge in [0.25, 0.3) is 0 Å². The molecule has 2 aromatic rings. The summed E-state index contributed by atoms with van der Waals surface area (Å²) in [6.45, 7) is 3.91. The lowest BCUT2D eigenvalue weighted by Crippen LogP contribution is -2.46. The number of benzene rings is 1. The molecular weight excluding hydrogens is 282 g/mol. The van der Waals surface area contributed by atoms with Crippen molar-refractivity contribution in [1.29, 1.82) is 0 Å². The van der Waals surface area contributed by atoms with E-state index in [9.17, 15) is 0 Å². The normalized spacial score (nSPS) is 15.3.